The molecule has 0 saturated carbocycles. The maximum atomic E-state index is 13.6. The van der Waals surface area contributed by atoms with Gasteiger partial charge in [-0.1, -0.05) is 53.2 Å². The summed E-state index contributed by atoms with van der Waals surface area (Å²) >= 11 is 0. The maximum absolute atomic E-state index is 13.6. The molecule has 0 radical (unpaired) electrons. The van der Waals surface area contributed by atoms with Gasteiger partial charge in [-0.15, -0.1) is 0 Å². The van der Waals surface area contributed by atoms with Crippen molar-refractivity contribution in [2.75, 3.05) is 38.5 Å². The summed E-state index contributed by atoms with van der Waals surface area (Å²) < 4.78 is 16.5. The number of carbonyl (C=O) groups excluding carboxylic acids is 2. The summed E-state index contributed by atoms with van der Waals surface area (Å²) in [4.78, 5) is 28.1. The van der Waals surface area contributed by atoms with Crippen molar-refractivity contribution in [3.63, 3.8) is 0 Å². The second-order valence-corrected chi connectivity index (χ2v) is 11.6. The van der Waals surface area contributed by atoms with Crippen LogP contribution in [0.4, 0.5) is 5.69 Å². The number of hydrogen-bond donors (Lipinski definition) is 3. The van der Waals surface area contributed by atoms with Gasteiger partial charge in [0, 0.05) is 38.1 Å². The highest BCUT2D eigenvalue weighted by Crippen LogP contribution is 2.36. The van der Waals surface area contributed by atoms with Gasteiger partial charge in [-0.2, -0.15) is 0 Å². The Morgan fingerprint density at radius 2 is 1.92 bits per heavy atom. The molecule has 216 valence electrons. The largest absolute Gasteiger partial charge is 0.484 e. The van der Waals surface area contributed by atoms with Gasteiger partial charge in [0.1, 0.15) is 18.6 Å². The summed E-state index contributed by atoms with van der Waals surface area (Å²) in [5, 5.41) is 3.04. The number of hydrogen-bond acceptors (Lipinski definition) is 7. The van der Waals surface area contributed by atoms with Crippen molar-refractivity contribution < 1.29 is 23.8 Å². The zero-order valence-corrected chi connectivity index (χ0v) is 24.2. The van der Waals surface area contributed by atoms with E-state index >= 15 is 0 Å². The fourth-order valence-corrected chi connectivity index (χ4v) is 4.92. The van der Waals surface area contributed by atoms with Gasteiger partial charge < -0.3 is 35.9 Å². The average Bonchev–Trinajstić information content (AvgIpc) is 2.86. The molecule has 0 unspecified atom stereocenters. The number of para-hydroxylation sites is 2. The zero-order valence-electron chi connectivity index (χ0n) is 24.2. The summed E-state index contributed by atoms with van der Waals surface area (Å²) in [6, 6.07) is 6.86. The molecule has 5 N–H and O–H groups in total. The molecule has 0 aliphatic carbocycles. The van der Waals surface area contributed by atoms with E-state index in [2.05, 4.69) is 12.2 Å². The Morgan fingerprint density at radius 1 is 1.21 bits per heavy atom. The van der Waals surface area contributed by atoms with Crippen LogP contribution in [0.25, 0.3) is 0 Å². The van der Waals surface area contributed by atoms with Gasteiger partial charge >= 0.3 is 0 Å². The fourth-order valence-electron chi connectivity index (χ4n) is 4.92. The number of nitrogens with one attached hydrogen (secondary N) is 1. The van der Waals surface area contributed by atoms with Crippen LogP contribution in [-0.4, -0.2) is 63.6 Å². The lowest BCUT2D eigenvalue weighted by Gasteiger charge is -2.37. The maximum Gasteiger partial charge on any atom is 0.227 e. The first kappa shape index (κ1) is 32.0. The SMILES string of the molecule is CCCCNC(=O)[C@@H](C[C@H](N)[C@@H](N)CC(C)(C)CC(=O)N1C[C@H](COCOC)Oc2ccccc21)C(C)C. The molecule has 2 amide bonds. The van der Waals surface area contributed by atoms with E-state index in [1.54, 1.807) is 12.0 Å². The summed E-state index contributed by atoms with van der Waals surface area (Å²) in [6.45, 7) is 11.8. The third-order valence-electron chi connectivity index (χ3n) is 7.11. The predicted molar refractivity (Wildman–Crippen MR) is 151 cm³/mol. The highest BCUT2D eigenvalue weighted by molar-refractivity contribution is 5.95. The van der Waals surface area contributed by atoms with Crippen LogP contribution >= 0.6 is 0 Å². The fraction of sp³-hybridized carbons (Fsp3) is 0.724. The standard InChI is InChI=1S/C29H50N4O5/c1-7-8-13-32-28(35)22(20(2)3)14-23(30)24(31)15-29(4,5)16-27(34)33-17-21(18-37-19-36-6)38-26-12-10-9-11-25(26)33/h9-12,20-24H,7-8,13-19,30-31H2,1-6H3,(H,32,35)/t21-,22+,23+,24+/m1/s1. The van der Waals surface area contributed by atoms with Crippen molar-refractivity contribution in [2.24, 2.45) is 28.7 Å². The number of carbonyl (C=O) groups is 2. The number of anilines is 1. The first-order chi connectivity index (χ1) is 18.0. The first-order valence-corrected chi connectivity index (χ1v) is 13.9. The molecule has 1 heterocycles. The minimum absolute atomic E-state index is 0.00128. The summed E-state index contributed by atoms with van der Waals surface area (Å²) in [6.07, 6.45) is 3.08. The zero-order chi connectivity index (χ0) is 28.3. The van der Waals surface area contributed by atoms with Crippen molar-refractivity contribution >= 4 is 17.5 Å². The van der Waals surface area contributed by atoms with E-state index in [0.29, 0.717) is 44.7 Å². The molecule has 2 rings (SSSR count). The molecule has 1 aromatic carbocycles. The van der Waals surface area contributed by atoms with Crippen LogP contribution in [0.5, 0.6) is 5.75 Å². The van der Waals surface area contributed by atoms with E-state index in [0.717, 1.165) is 18.5 Å². The van der Waals surface area contributed by atoms with E-state index in [-0.39, 0.29) is 54.0 Å². The van der Waals surface area contributed by atoms with E-state index < -0.39 is 0 Å². The molecule has 38 heavy (non-hydrogen) atoms. The molecule has 0 saturated heterocycles. The highest BCUT2D eigenvalue weighted by atomic mass is 16.7. The number of nitrogens with two attached hydrogens (primary N) is 2. The third kappa shape index (κ3) is 9.84. The molecular formula is C29H50N4O5. The molecule has 4 atom stereocenters. The summed E-state index contributed by atoms with van der Waals surface area (Å²) in [5.41, 5.74) is 13.5. The summed E-state index contributed by atoms with van der Waals surface area (Å²) in [7, 11) is 1.57. The minimum Gasteiger partial charge on any atom is -0.484 e. The number of ether oxygens (including phenoxy) is 3. The van der Waals surface area contributed by atoms with Crippen LogP contribution in [0, 0.1) is 17.3 Å². The predicted octanol–water partition coefficient (Wildman–Crippen LogP) is 3.44. The molecule has 1 aliphatic heterocycles. The Labute approximate surface area is 228 Å². The van der Waals surface area contributed by atoms with Gasteiger partial charge in [0.05, 0.1) is 18.8 Å². The van der Waals surface area contributed by atoms with Crippen LogP contribution in [-0.2, 0) is 19.1 Å². The molecule has 1 aromatic rings. The molecule has 1 aliphatic rings. The Bertz CT molecular complexity index is 878. The Balaban J connectivity index is 2.01. The van der Waals surface area contributed by atoms with Gasteiger partial charge in [-0.3, -0.25) is 9.59 Å². The minimum atomic E-state index is -0.389. The highest BCUT2D eigenvalue weighted by Gasteiger charge is 2.35. The number of fused-ring (bicyclic) bond motifs is 1. The first-order valence-electron chi connectivity index (χ1n) is 13.9. The lowest BCUT2D eigenvalue weighted by Crippen LogP contribution is -2.49. The van der Waals surface area contributed by atoms with Crippen molar-refractivity contribution in [2.45, 2.75) is 84.9 Å². The van der Waals surface area contributed by atoms with Crippen molar-refractivity contribution in [3.05, 3.63) is 24.3 Å². The van der Waals surface area contributed by atoms with Gasteiger partial charge in [0.25, 0.3) is 0 Å². The number of methoxy groups -OCH3 is 1. The average molecular weight is 535 g/mol. The summed E-state index contributed by atoms with van der Waals surface area (Å²) in [5.74, 6) is 0.664. The molecule has 9 nitrogen and oxygen atoms in total. The van der Waals surface area contributed by atoms with Crippen LogP contribution in [0.3, 0.4) is 0 Å². The lowest BCUT2D eigenvalue weighted by molar-refractivity contribution is -0.126. The smallest absolute Gasteiger partial charge is 0.227 e. The van der Waals surface area contributed by atoms with E-state index in [1.165, 1.54) is 0 Å². The Kier molecular flexibility index (Phi) is 13.0. The van der Waals surface area contributed by atoms with Gasteiger partial charge in [-0.05, 0) is 42.7 Å². The second-order valence-electron chi connectivity index (χ2n) is 11.6. The number of rotatable bonds is 16. The molecule has 0 spiro atoms. The topological polar surface area (TPSA) is 129 Å². The van der Waals surface area contributed by atoms with Gasteiger partial charge in [0.15, 0.2) is 0 Å². The molecule has 0 fully saturated rings. The molecule has 9 heteroatoms. The van der Waals surface area contributed by atoms with Crippen LogP contribution in [0.2, 0.25) is 0 Å². The van der Waals surface area contributed by atoms with Crippen molar-refractivity contribution in [1.82, 2.24) is 5.32 Å². The third-order valence-corrected chi connectivity index (χ3v) is 7.11. The van der Waals surface area contributed by atoms with Gasteiger partial charge in [0.2, 0.25) is 11.8 Å². The van der Waals surface area contributed by atoms with Crippen molar-refractivity contribution in [3.8, 4) is 5.75 Å². The van der Waals surface area contributed by atoms with E-state index in [9.17, 15) is 9.59 Å². The second kappa shape index (κ2) is 15.4. The normalized spacial score (nSPS) is 17.9. The molecular weight excluding hydrogens is 484 g/mol. The molecule has 0 aromatic heterocycles. The van der Waals surface area contributed by atoms with Crippen LogP contribution in [0.1, 0.15) is 66.7 Å². The monoisotopic (exact) mass is 534 g/mol. The number of benzene rings is 1. The number of amides is 2. The Hall–Kier alpha value is -2.20. The van der Waals surface area contributed by atoms with Crippen molar-refractivity contribution in [1.29, 1.82) is 0 Å². The lowest BCUT2D eigenvalue weighted by atomic mass is 9.78. The van der Waals surface area contributed by atoms with E-state index in [4.69, 9.17) is 25.7 Å². The Morgan fingerprint density at radius 3 is 2.58 bits per heavy atom. The van der Waals surface area contributed by atoms with Crippen LogP contribution in [0.15, 0.2) is 24.3 Å². The van der Waals surface area contributed by atoms with E-state index in [1.807, 2.05) is 52.0 Å². The quantitative estimate of drug-likeness (QED) is 0.219. The number of unbranched alkanes of at least 4 members (excludes halogenated alkanes) is 1. The van der Waals surface area contributed by atoms with Crippen LogP contribution < -0.4 is 26.4 Å². The molecule has 0 bridgehead atoms. The number of nitrogens with zero attached hydrogens (tertiary/aromatic N) is 1. The van der Waals surface area contributed by atoms with Gasteiger partial charge in [-0.25, -0.2) is 0 Å².